The first-order chi connectivity index (χ1) is 16.6. The van der Waals surface area contributed by atoms with Gasteiger partial charge in [0.1, 0.15) is 5.56 Å². The van der Waals surface area contributed by atoms with E-state index in [1.54, 1.807) is 6.20 Å². The molecule has 2 saturated heterocycles. The normalized spacial score (nSPS) is 21.3. The summed E-state index contributed by atoms with van der Waals surface area (Å²) in [6.45, 7) is 5.27. The SMILES string of the molecule is Nc1nn2cc(F)cnc2c1C(=O)Nc1cncc(C2CC2)c1N1CCN([C@H]2CCOC2)CC1. The third kappa shape index (κ3) is 3.84. The lowest BCUT2D eigenvalue weighted by Crippen LogP contribution is -2.51. The number of rotatable bonds is 5. The summed E-state index contributed by atoms with van der Waals surface area (Å²) >= 11 is 0. The molecule has 34 heavy (non-hydrogen) atoms. The number of nitrogens with zero attached hydrogens (tertiary/aromatic N) is 6. The molecular weight excluding hydrogens is 439 g/mol. The summed E-state index contributed by atoms with van der Waals surface area (Å²) in [5.74, 6) is -0.540. The molecular formula is C23H27FN8O2. The Morgan fingerprint density at radius 3 is 2.71 bits per heavy atom. The van der Waals surface area contributed by atoms with E-state index in [9.17, 15) is 9.18 Å². The van der Waals surface area contributed by atoms with Crippen LogP contribution >= 0.6 is 0 Å². The third-order valence-electron chi connectivity index (χ3n) is 6.96. The molecule has 11 heteroatoms. The maximum atomic E-state index is 13.5. The Labute approximate surface area is 195 Å². The van der Waals surface area contributed by atoms with Crippen molar-refractivity contribution in [3.05, 3.63) is 41.7 Å². The van der Waals surface area contributed by atoms with Gasteiger partial charge in [-0.2, -0.15) is 0 Å². The first-order valence-electron chi connectivity index (χ1n) is 11.7. The van der Waals surface area contributed by atoms with Crippen LogP contribution in [-0.4, -0.2) is 75.8 Å². The van der Waals surface area contributed by atoms with Crippen molar-refractivity contribution in [2.24, 2.45) is 0 Å². The summed E-state index contributed by atoms with van der Waals surface area (Å²) in [6, 6.07) is 0.498. The van der Waals surface area contributed by atoms with Gasteiger partial charge in [-0.3, -0.25) is 14.7 Å². The fraction of sp³-hybridized carbons (Fsp3) is 0.478. The smallest absolute Gasteiger partial charge is 0.263 e. The molecule has 10 nitrogen and oxygen atoms in total. The van der Waals surface area contributed by atoms with Gasteiger partial charge in [-0.25, -0.2) is 13.9 Å². The number of nitrogen functional groups attached to an aromatic ring is 1. The monoisotopic (exact) mass is 466 g/mol. The summed E-state index contributed by atoms with van der Waals surface area (Å²) in [6.07, 6.45) is 9.14. The van der Waals surface area contributed by atoms with E-state index < -0.39 is 11.7 Å². The Morgan fingerprint density at radius 1 is 1.15 bits per heavy atom. The molecule has 3 N–H and O–H groups in total. The quantitative estimate of drug-likeness (QED) is 0.586. The molecule has 3 aliphatic rings. The van der Waals surface area contributed by atoms with Gasteiger partial charge in [-0.15, -0.1) is 5.10 Å². The number of anilines is 3. The molecule has 1 atom stereocenters. The molecule has 1 saturated carbocycles. The average molecular weight is 467 g/mol. The molecule has 1 amide bonds. The molecule has 5 heterocycles. The second-order valence-corrected chi connectivity index (χ2v) is 9.19. The van der Waals surface area contributed by atoms with Gasteiger partial charge in [-0.1, -0.05) is 0 Å². The van der Waals surface area contributed by atoms with Crippen LogP contribution in [0, 0.1) is 5.82 Å². The van der Waals surface area contributed by atoms with E-state index in [2.05, 4.69) is 30.2 Å². The molecule has 0 aromatic carbocycles. The Bertz CT molecular complexity index is 1230. The molecule has 0 spiro atoms. The first-order valence-corrected chi connectivity index (χ1v) is 11.7. The van der Waals surface area contributed by atoms with Crippen molar-refractivity contribution in [1.82, 2.24) is 24.5 Å². The fourth-order valence-electron chi connectivity index (χ4n) is 5.06. The summed E-state index contributed by atoms with van der Waals surface area (Å²) in [5, 5.41) is 7.04. The highest BCUT2D eigenvalue weighted by Gasteiger charge is 2.33. The lowest BCUT2D eigenvalue weighted by atomic mass is 10.1. The Balaban J connectivity index is 1.29. The van der Waals surface area contributed by atoms with Crippen molar-refractivity contribution in [1.29, 1.82) is 0 Å². The summed E-state index contributed by atoms with van der Waals surface area (Å²) < 4.78 is 20.3. The minimum atomic E-state index is -0.561. The van der Waals surface area contributed by atoms with Crippen molar-refractivity contribution < 1.29 is 13.9 Å². The first kappa shape index (κ1) is 21.2. The molecule has 0 bridgehead atoms. The molecule has 1 aliphatic carbocycles. The van der Waals surface area contributed by atoms with Crippen LogP contribution < -0.4 is 16.0 Å². The number of nitrogens with one attached hydrogen (secondary N) is 1. The average Bonchev–Trinajstić information content (AvgIpc) is 3.42. The number of nitrogens with two attached hydrogens (primary N) is 1. The van der Waals surface area contributed by atoms with Gasteiger partial charge in [-0.05, 0) is 30.7 Å². The minimum absolute atomic E-state index is 0.00384. The van der Waals surface area contributed by atoms with Crippen molar-refractivity contribution in [3.63, 3.8) is 0 Å². The zero-order valence-corrected chi connectivity index (χ0v) is 18.8. The largest absolute Gasteiger partial charge is 0.381 e. The van der Waals surface area contributed by atoms with Gasteiger partial charge in [0.05, 0.1) is 36.6 Å². The molecule has 0 unspecified atom stereocenters. The third-order valence-corrected chi connectivity index (χ3v) is 6.96. The predicted octanol–water partition coefficient (Wildman–Crippen LogP) is 1.89. The van der Waals surface area contributed by atoms with Crippen LogP contribution in [0.3, 0.4) is 0 Å². The van der Waals surface area contributed by atoms with Gasteiger partial charge < -0.3 is 20.7 Å². The molecule has 3 aromatic rings. The second-order valence-electron chi connectivity index (χ2n) is 9.19. The van der Waals surface area contributed by atoms with Crippen LogP contribution in [-0.2, 0) is 4.74 Å². The molecule has 3 fully saturated rings. The van der Waals surface area contributed by atoms with E-state index >= 15 is 0 Å². The van der Waals surface area contributed by atoms with Gasteiger partial charge in [0.2, 0.25) is 0 Å². The number of hydrogen-bond donors (Lipinski definition) is 2. The van der Waals surface area contributed by atoms with E-state index in [4.69, 9.17) is 10.5 Å². The number of amides is 1. The van der Waals surface area contributed by atoms with Gasteiger partial charge >= 0.3 is 0 Å². The number of aromatic nitrogens is 4. The van der Waals surface area contributed by atoms with Crippen LogP contribution in [0.15, 0.2) is 24.8 Å². The molecule has 0 radical (unpaired) electrons. The highest BCUT2D eigenvalue weighted by molar-refractivity contribution is 6.12. The summed E-state index contributed by atoms with van der Waals surface area (Å²) in [4.78, 5) is 26.6. The Kier molecular flexibility index (Phi) is 5.30. The number of halogens is 1. The van der Waals surface area contributed by atoms with Crippen LogP contribution in [0.1, 0.15) is 41.1 Å². The zero-order chi connectivity index (χ0) is 23.2. The predicted molar refractivity (Wildman–Crippen MR) is 125 cm³/mol. The van der Waals surface area contributed by atoms with Gasteiger partial charge in [0.15, 0.2) is 17.3 Å². The van der Waals surface area contributed by atoms with Crippen LogP contribution in [0.4, 0.5) is 21.6 Å². The van der Waals surface area contributed by atoms with Crippen LogP contribution in [0.2, 0.25) is 0 Å². The van der Waals surface area contributed by atoms with Crippen molar-refractivity contribution in [2.75, 3.05) is 55.3 Å². The van der Waals surface area contributed by atoms with E-state index in [0.717, 1.165) is 76.7 Å². The van der Waals surface area contributed by atoms with Crippen LogP contribution in [0.5, 0.6) is 0 Å². The lowest BCUT2D eigenvalue weighted by Gasteiger charge is -2.40. The maximum absolute atomic E-state index is 13.5. The van der Waals surface area contributed by atoms with E-state index in [-0.39, 0.29) is 17.0 Å². The molecule has 3 aromatic heterocycles. The van der Waals surface area contributed by atoms with Crippen molar-refractivity contribution >= 4 is 28.7 Å². The number of piperazine rings is 1. The van der Waals surface area contributed by atoms with E-state index in [1.807, 2.05) is 6.20 Å². The molecule has 178 valence electrons. The topological polar surface area (TPSA) is 114 Å². The van der Waals surface area contributed by atoms with Crippen molar-refractivity contribution in [2.45, 2.75) is 31.2 Å². The summed E-state index contributed by atoms with van der Waals surface area (Å²) in [7, 11) is 0. The van der Waals surface area contributed by atoms with Gasteiger partial charge in [0, 0.05) is 45.0 Å². The lowest BCUT2D eigenvalue weighted by molar-refractivity contribution is 0.102. The Morgan fingerprint density at radius 2 is 1.97 bits per heavy atom. The van der Waals surface area contributed by atoms with E-state index in [1.165, 1.54) is 10.1 Å². The number of ether oxygens (including phenoxy) is 1. The van der Waals surface area contributed by atoms with Crippen molar-refractivity contribution in [3.8, 4) is 0 Å². The number of carbonyl (C=O) groups excluding carboxylic acids is 1. The number of pyridine rings is 1. The van der Waals surface area contributed by atoms with Crippen LogP contribution in [0.25, 0.3) is 5.65 Å². The number of hydrogen-bond acceptors (Lipinski definition) is 8. The maximum Gasteiger partial charge on any atom is 0.263 e. The fourth-order valence-corrected chi connectivity index (χ4v) is 5.06. The zero-order valence-electron chi connectivity index (χ0n) is 18.8. The number of carbonyl (C=O) groups is 1. The number of fused-ring (bicyclic) bond motifs is 1. The standard InChI is InChI=1S/C23H27FN8O2/c24-15-9-27-22-19(21(25)29-32(22)12-15)23(33)28-18-11-26-10-17(14-1-2-14)20(18)31-6-4-30(5-7-31)16-3-8-34-13-16/h9-12,14,16H,1-8,13H2,(H2,25,29)(H,28,33)/t16-/m0/s1. The van der Waals surface area contributed by atoms with Gasteiger partial charge in [0.25, 0.3) is 5.91 Å². The Hall–Kier alpha value is -3.31. The summed E-state index contributed by atoms with van der Waals surface area (Å²) in [5.41, 5.74) is 9.18. The van der Waals surface area contributed by atoms with E-state index in [0.29, 0.717) is 17.6 Å². The molecule has 6 rings (SSSR count). The molecule has 2 aliphatic heterocycles. The highest BCUT2D eigenvalue weighted by atomic mass is 19.1. The highest BCUT2D eigenvalue weighted by Crippen LogP contribution is 2.46. The minimum Gasteiger partial charge on any atom is -0.381 e. The second kappa shape index (κ2) is 8.48.